The summed E-state index contributed by atoms with van der Waals surface area (Å²) in [5, 5.41) is 3.26. The highest BCUT2D eigenvalue weighted by Crippen LogP contribution is 2.16. The second-order valence-corrected chi connectivity index (χ2v) is 6.92. The number of carbonyl (C=O) groups excluding carboxylic acids is 1. The second-order valence-electron chi connectivity index (χ2n) is 6.92. The zero-order chi connectivity index (χ0) is 19.3. The van der Waals surface area contributed by atoms with Gasteiger partial charge in [0.25, 0.3) is 5.56 Å². The summed E-state index contributed by atoms with van der Waals surface area (Å²) in [4.78, 5) is 33.8. The van der Waals surface area contributed by atoms with E-state index in [9.17, 15) is 9.59 Å². The number of ether oxygens (including phenoxy) is 1. The fraction of sp³-hybridized carbons (Fsp3) is 0.333. The number of piperidine rings is 1. The molecular weight excluding hydrogens is 356 g/mol. The minimum Gasteiger partial charge on any atom is -0.371 e. The number of ketones is 1. The van der Waals surface area contributed by atoms with Crippen LogP contribution in [0.15, 0.2) is 59.8 Å². The number of Topliss-reactive ketones (excluding diaryl/α,β-unsaturated/α-hetero) is 1. The molecule has 0 aliphatic carbocycles. The maximum absolute atomic E-state index is 12.9. The maximum Gasteiger partial charge on any atom is 0.280 e. The standard InChI is InChI=1S/C21H22N4O3/c26-17(12-25-14-24-16-8-4-10-22-19(16)21(25)27)20-18(9-5-11-23-20)28-13-15-6-2-1-3-7-15/h1-4,6-8,10,14,18,20,23H,5,9,11-13H2/t18-,20-/m0/s1. The lowest BCUT2D eigenvalue weighted by molar-refractivity contribution is -0.127. The molecule has 4 rings (SSSR count). The summed E-state index contributed by atoms with van der Waals surface area (Å²) in [6.45, 7) is 1.16. The Kier molecular flexibility index (Phi) is 5.55. The topological polar surface area (TPSA) is 86.1 Å². The highest BCUT2D eigenvalue weighted by Gasteiger charge is 2.31. The summed E-state index contributed by atoms with van der Waals surface area (Å²) in [5.74, 6) is -0.0862. The molecule has 28 heavy (non-hydrogen) atoms. The lowest BCUT2D eigenvalue weighted by Gasteiger charge is -2.31. The highest BCUT2D eigenvalue weighted by molar-refractivity contribution is 5.85. The third kappa shape index (κ3) is 4.00. The summed E-state index contributed by atoms with van der Waals surface area (Å²) in [5.41, 5.74) is 1.55. The Balaban J connectivity index is 1.48. The summed E-state index contributed by atoms with van der Waals surface area (Å²) in [6, 6.07) is 12.9. The van der Waals surface area contributed by atoms with Gasteiger partial charge >= 0.3 is 0 Å². The van der Waals surface area contributed by atoms with Gasteiger partial charge in [-0.15, -0.1) is 0 Å². The first-order chi connectivity index (χ1) is 13.7. The van der Waals surface area contributed by atoms with Crippen molar-refractivity contribution >= 4 is 16.8 Å². The molecule has 1 N–H and O–H groups in total. The van der Waals surface area contributed by atoms with Crippen LogP contribution in [0.2, 0.25) is 0 Å². The van der Waals surface area contributed by atoms with Crippen molar-refractivity contribution in [3.63, 3.8) is 0 Å². The van der Waals surface area contributed by atoms with Crippen LogP contribution in [0.1, 0.15) is 18.4 Å². The Bertz CT molecular complexity index is 1020. The van der Waals surface area contributed by atoms with Crippen molar-refractivity contribution in [3.05, 3.63) is 70.9 Å². The van der Waals surface area contributed by atoms with Crippen LogP contribution >= 0.6 is 0 Å². The first-order valence-corrected chi connectivity index (χ1v) is 9.44. The molecule has 1 saturated heterocycles. The number of fused-ring (bicyclic) bond motifs is 1. The van der Waals surface area contributed by atoms with Crippen molar-refractivity contribution in [3.8, 4) is 0 Å². The predicted octanol–water partition coefficient (Wildman–Crippen LogP) is 1.70. The van der Waals surface area contributed by atoms with Gasteiger partial charge in [-0.05, 0) is 37.1 Å². The molecule has 0 spiro atoms. The van der Waals surface area contributed by atoms with E-state index < -0.39 is 6.04 Å². The SMILES string of the molecule is O=C(Cn1cnc2cccnc2c1=O)[C@@H]1NCCC[C@@H]1OCc1ccccc1. The Hall–Kier alpha value is -2.90. The highest BCUT2D eigenvalue weighted by atomic mass is 16.5. The smallest absolute Gasteiger partial charge is 0.280 e. The molecule has 1 aliphatic rings. The van der Waals surface area contributed by atoms with Crippen LogP contribution in [0.25, 0.3) is 11.0 Å². The number of aromatic nitrogens is 3. The summed E-state index contributed by atoms with van der Waals surface area (Å²) >= 11 is 0. The molecule has 0 unspecified atom stereocenters. The number of nitrogens with one attached hydrogen (secondary N) is 1. The Morgan fingerprint density at radius 3 is 2.89 bits per heavy atom. The summed E-state index contributed by atoms with van der Waals surface area (Å²) in [7, 11) is 0. The summed E-state index contributed by atoms with van der Waals surface area (Å²) in [6.07, 6.45) is 4.50. The first-order valence-electron chi connectivity index (χ1n) is 9.44. The third-order valence-corrected chi connectivity index (χ3v) is 4.97. The van der Waals surface area contributed by atoms with E-state index in [0.717, 1.165) is 24.9 Å². The van der Waals surface area contributed by atoms with Gasteiger partial charge in [-0.2, -0.15) is 0 Å². The van der Waals surface area contributed by atoms with Gasteiger partial charge in [-0.3, -0.25) is 14.2 Å². The monoisotopic (exact) mass is 378 g/mol. The Morgan fingerprint density at radius 2 is 2.04 bits per heavy atom. The number of rotatable bonds is 6. The summed E-state index contributed by atoms with van der Waals surface area (Å²) < 4.78 is 7.36. The zero-order valence-electron chi connectivity index (χ0n) is 15.5. The molecule has 1 fully saturated rings. The molecule has 144 valence electrons. The van der Waals surface area contributed by atoms with Crippen molar-refractivity contribution in [2.24, 2.45) is 0 Å². The molecule has 0 amide bonds. The van der Waals surface area contributed by atoms with Gasteiger partial charge < -0.3 is 10.1 Å². The van der Waals surface area contributed by atoms with E-state index in [2.05, 4.69) is 15.3 Å². The second kappa shape index (κ2) is 8.41. The number of pyridine rings is 1. The van der Waals surface area contributed by atoms with E-state index in [-0.39, 0.29) is 29.5 Å². The van der Waals surface area contributed by atoms with Gasteiger partial charge in [-0.1, -0.05) is 30.3 Å². The van der Waals surface area contributed by atoms with Crippen LogP contribution in [-0.2, 0) is 22.7 Å². The van der Waals surface area contributed by atoms with Crippen LogP contribution in [0, 0.1) is 0 Å². The van der Waals surface area contributed by atoms with Crippen molar-refractivity contribution in [1.29, 1.82) is 0 Å². The zero-order valence-corrected chi connectivity index (χ0v) is 15.5. The molecule has 0 radical (unpaired) electrons. The molecular formula is C21H22N4O3. The third-order valence-electron chi connectivity index (χ3n) is 4.97. The van der Waals surface area contributed by atoms with Crippen LogP contribution in [-0.4, -0.2) is 39.0 Å². The fourth-order valence-corrected chi connectivity index (χ4v) is 3.50. The minimum atomic E-state index is -0.441. The maximum atomic E-state index is 12.9. The van der Waals surface area contributed by atoms with Crippen molar-refractivity contribution in [2.75, 3.05) is 6.54 Å². The average Bonchev–Trinajstić information content (AvgIpc) is 2.75. The van der Waals surface area contributed by atoms with Gasteiger partial charge in [0.1, 0.15) is 0 Å². The van der Waals surface area contributed by atoms with Crippen LogP contribution < -0.4 is 10.9 Å². The Morgan fingerprint density at radius 1 is 1.18 bits per heavy atom. The van der Waals surface area contributed by atoms with Crippen molar-refractivity contribution in [2.45, 2.75) is 38.1 Å². The van der Waals surface area contributed by atoms with E-state index in [0.29, 0.717) is 12.1 Å². The van der Waals surface area contributed by atoms with Gasteiger partial charge in [0.15, 0.2) is 11.3 Å². The van der Waals surface area contributed by atoms with Gasteiger partial charge in [0.2, 0.25) is 0 Å². The van der Waals surface area contributed by atoms with Gasteiger partial charge in [-0.25, -0.2) is 9.97 Å². The van der Waals surface area contributed by atoms with E-state index >= 15 is 0 Å². The molecule has 1 aliphatic heterocycles. The van der Waals surface area contributed by atoms with Crippen LogP contribution in [0.3, 0.4) is 0 Å². The van der Waals surface area contributed by atoms with Crippen LogP contribution in [0.5, 0.6) is 0 Å². The molecule has 7 heteroatoms. The van der Waals surface area contributed by atoms with Crippen molar-refractivity contribution in [1.82, 2.24) is 19.9 Å². The fourth-order valence-electron chi connectivity index (χ4n) is 3.50. The minimum absolute atomic E-state index is 0.0544. The first kappa shape index (κ1) is 18.5. The van der Waals surface area contributed by atoms with E-state index in [1.165, 1.54) is 10.9 Å². The number of hydrogen-bond acceptors (Lipinski definition) is 6. The molecule has 3 heterocycles. The molecule has 1 aromatic carbocycles. The number of hydrogen-bond donors (Lipinski definition) is 1. The van der Waals surface area contributed by atoms with Crippen LogP contribution in [0.4, 0.5) is 0 Å². The average molecular weight is 378 g/mol. The van der Waals surface area contributed by atoms with Gasteiger partial charge in [0.05, 0.1) is 37.1 Å². The lowest BCUT2D eigenvalue weighted by atomic mass is 9.97. The molecule has 3 aromatic rings. The molecule has 2 aromatic heterocycles. The van der Waals surface area contributed by atoms with E-state index in [1.54, 1.807) is 18.3 Å². The predicted molar refractivity (Wildman–Crippen MR) is 105 cm³/mol. The van der Waals surface area contributed by atoms with E-state index in [4.69, 9.17) is 4.74 Å². The molecule has 0 bridgehead atoms. The quantitative estimate of drug-likeness (QED) is 0.703. The number of carbonyl (C=O) groups is 1. The van der Waals surface area contributed by atoms with Crippen molar-refractivity contribution < 1.29 is 9.53 Å². The van der Waals surface area contributed by atoms with E-state index in [1.807, 2.05) is 30.3 Å². The largest absolute Gasteiger partial charge is 0.371 e. The lowest BCUT2D eigenvalue weighted by Crippen LogP contribution is -2.52. The number of nitrogens with zero attached hydrogens (tertiary/aromatic N) is 3. The molecule has 7 nitrogen and oxygen atoms in total. The normalized spacial score (nSPS) is 19.6. The number of benzene rings is 1. The molecule has 0 saturated carbocycles. The Labute approximate surface area is 162 Å². The molecule has 2 atom stereocenters. The van der Waals surface area contributed by atoms with Gasteiger partial charge in [0, 0.05) is 6.20 Å².